The van der Waals surface area contributed by atoms with Crippen LogP contribution in [-0.2, 0) is 21.9 Å². The van der Waals surface area contributed by atoms with Gasteiger partial charge < -0.3 is 13.9 Å². The first-order valence-corrected chi connectivity index (χ1v) is 6.42. The van der Waals surface area contributed by atoms with Gasteiger partial charge in [-0.15, -0.1) is 0 Å². The standard InChI is InChI=1S/C12H11O4P.Cr/c13-17(14,15-11-7-3-1-4-8-11)16-12-9-5-2-6-10-12;/h1-10H,(H,13,14);/q;+2/p-1. The van der Waals surface area contributed by atoms with Gasteiger partial charge >= 0.3 is 25.2 Å². The van der Waals surface area contributed by atoms with Gasteiger partial charge in [-0.2, -0.15) is 0 Å². The van der Waals surface area contributed by atoms with Crippen LogP contribution in [0.25, 0.3) is 0 Å². The van der Waals surface area contributed by atoms with Gasteiger partial charge in [-0.1, -0.05) is 36.4 Å². The Balaban J connectivity index is 0.00000162. The van der Waals surface area contributed by atoms with Crippen LogP contribution in [0.15, 0.2) is 60.7 Å². The molecule has 2 aromatic carbocycles. The third-order valence-electron chi connectivity index (χ3n) is 1.92. The summed E-state index contributed by atoms with van der Waals surface area (Å²) in [6, 6.07) is 16.4. The maximum Gasteiger partial charge on any atom is 2.00 e. The third-order valence-corrected chi connectivity index (χ3v) is 2.79. The zero-order valence-electron chi connectivity index (χ0n) is 9.26. The van der Waals surface area contributed by atoms with E-state index in [1.165, 1.54) is 0 Å². The Morgan fingerprint density at radius 1 is 0.778 bits per heavy atom. The zero-order chi connectivity index (χ0) is 12.1. The molecule has 0 N–H and O–H groups in total. The van der Waals surface area contributed by atoms with Crippen molar-refractivity contribution in [2.75, 3.05) is 0 Å². The summed E-state index contributed by atoms with van der Waals surface area (Å²) >= 11 is 0. The summed E-state index contributed by atoms with van der Waals surface area (Å²) in [6.45, 7) is 0. The molecule has 0 saturated heterocycles. The Morgan fingerprint density at radius 3 is 1.44 bits per heavy atom. The number of hydrogen-bond acceptors (Lipinski definition) is 4. The summed E-state index contributed by atoms with van der Waals surface area (Å²) in [5.41, 5.74) is 0. The van der Waals surface area contributed by atoms with Crippen LogP contribution in [0, 0.1) is 0 Å². The second kappa shape index (κ2) is 6.63. The summed E-state index contributed by atoms with van der Waals surface area (Å²) in [4.78, 5) is 11.6. The molecule has 0 heterocycles. The molecular formula is C12H10CrO4P+. The normalized spacial score (nSPS) is 10.3. The monoisotopic (exact) mass is 301 g/mol. The molecule has 92 valence electrons. The third kappa shape index (κ3) is 4.56. The van der Waals surface area contributed by atoms with Crippen molar-refractivity contribution in [3.8, 4) is 11.5 Å². The van der Waals surface area contributed by atoms with Gasteiger partial charge in [-0.3, -0.25) is 0 Å². The fourth-order valence-electron chi connectivity index (χ4n) is 1.24. The van der Waals surface area contributed by atoms with E-state index in [1.54, 1.807) is 60.7 Å². The van der Waals surface area contributed by atoms with Crippen molar-refractivity contribution in [1.82, 2.24) is 0 Å². The van der Waals surface area contributed by atoms with Crippen LogP contribution >= 0.6 is 7.82 Å². The first-order valence-electron chi connectivity index (χ1n) is 4.96. The van der Waals surface area contributed by atoms with Crippen LogP contribution in [0.1, 0.15) is 0 Å². The quantitative estimate of drug-likeness (QED) is 0.815. The minimum absolute atomic E-state index is 0. The van der Waals surface area contributed by atoms with E-state index in [-0.39, 0.29) is 28.9 Å². The van der Waals surface area contributed by atoms with Crippen LogP contribution in [0.2, 0.25) is 0 Å². The molecule has 0 amide bonds. The van der Waals surface area contributed by atoms with E-state index in [1.807, 2.05) is 0 Å². The molecule has 18 heavy (non-hydrogen) atoms. The van der Waals surface area contributed by atoms with E-state index in [9.17, 15) is 9.46 Å². The van der Waals surface area contributed by atoms with Gasteiger partial charge in [0, 0.05) is 0 Å². The van der Waals surface area contributed by atoms with Crippen LogP contribution in [-0.4, -0.2) is 0 Å². The Hall–Kier alpha value is -1.24. The maximum atomic E-state index is 11.6. The van der Waals surface area contributed by atoms with Gasteiger partial charge in [0.1, 0.15) is 11.5 Å². The van der Waals surface area contributed by atoms with E-state index in [0.29, 0.717) is 0 Å². The molecule has 2 aromatic rings. The molecule has 6 heteroatoms. The fraction of sp³-hybridized carbons (Fsp3) is 0. The SMILES string of the molecule is O=P([O-])(Oc1ccccc1)Oc1ccccc1.[Cr+2]. The molecule has 0 aliphatic rings. The van der Waals surface area contributed by atoms with Crippen molar-refractivity contribution in [2.24, 2.45) is 0 Å². The Labute approximate surface area is 116 Å². The van der Waals surface area contributed by atoms with Crippen molar-refractivity contribution >= 4 is 7.82 Å². The minimum atomic E-state index is -4.39. The minimum Gasteiger partial charge on any atom is -0.736 e. The second-order valence-corrected chi connectivity index (χ2v) is 4.52. The van der Waals surface area contributed by atoms with Gasteiger partial charge in [0.05, 0.1) is 0 Å². The molecule has 0 bridgehead atoms. The van der Waals surface area contributed by atoms with Crippen molar-refractivity contribution in [1.29, 1.82) is 0 Å². The molecule has 2 rings (SSSR count). The number of phosphoric ester groups is 1. The average molecular weight is 301 g/mol. The zero-order valence-corrected chi connectivity index (χ0v) is 11.4. The first-order chi connectivity index (χ1) is 8.16. The van der Waals surface area contributed by atoms with E-state index in [2.05, 4.69) is 0 Å². The maximum absolute atomic E-state index is 11.6. The summed E-state index contributed by atoms with van der Waals surface area (Å²) in [5, 5.41) is 0. The molecule has 0 radical (unpaired) electrons. The molecule has 0 fully saturated rings. The van der Waals surface area contributed by atoms with Crippen LogP contribution in [0.4, 0.5) is 0 Å². The Morgan fingerprint density at radius 2 is 1.11 bits per heavy atom. The van der Waals surface area contributed by atoms with Gasteiger partial charge in [-0.05, 0) is 24.3 Å². The molecule has 0 atom stereocenters. The summed E-state index contributed by atoms with van der Waals surface area (Å²) in [5.74, 6) is 0.448. The Bertz CT molecular complexity index is 473. The van der Waals surface area contributed by atoms with Gasteiger partial charge in [0.2, 0.25) is 0 Å². The number of hydrogen-bond donors (Lipinski definition) is 0. The number of phosphoric acid groups is 1. The molecule has 0 aromatic heterocycles. The smallest absolute Gasteiger partial charge is 0.736 e. The topological polar surface area (TPSA) is 58.6 Å². The number of benzene rings is 2. The fourth-order valence-corrected chi connectivity index (χ4v) is 2.04. The molecule has 0 saturated carbocycles. The van der Waals surface area contributed by atoms with Gasteiger partial charge in [0.15, 0.2) is 0 Å². The van der Waals surface area contributed by atoms with Crippen LogP contribution < -0.4 is 13.9 Å². The average Bonchev–Trinajstić information content (AvgIpc) is 2.30. The summed E-state index contributed by atoms with van der Waals surface area (Å²) in [6.07, 6.45) is 0. The predicted octanol–water partition coefficient (Wildman–Crippen LogP) is 2.61. The molecular weight excluding hydrogens is 291 g/mol. The van der Waals surface area contributed by atoms with Crippen molar-refractivity contribution in [3.63, 3.8) is 0 Å². The van der Waals surface area contributed by atoms with Gasteiger partial charge in [-0.25, -0.2) is 4.57 Å². The number of para-hydroxylation sites is 2. The van der Waals surface area contributed by atoms with E-state index >= 15 is 0 Å². The first kappa shape index (κ1) is 14.8. The van der Waals surface area contributed by atoms with Crippen LogP contribution in [0.5, 0.6) is 11.5 Å². The molecule has 0 aliphatic carbocycles. The van der Waals surface area contributed by atoms with Crippen molar-refractivity contribution in [2.45, 2.75) is 0 Å². The van der Waals surface area contributed by atoms with Crippen LogP contribution in [0.3, 0.4) is 0 Å². The predicted molar refractivity (Wildman–Crippen MR) is 61.7 cm³/mol. The van der Waals surface area contributed by atoms with E-state index in [0.717, 1.165) is 0 Å². The number of rotatable bonds is 4. The van der Waals surface area contributed by atoms with E-state index < -0.39 is 7.82 Å². The molecule has 0 aliphatic heterocycles. The molecule has 0 spiro atoms. The largest absolute Gasteiger partial charge is 2.00 e. The summed E-state index contributed by atoms with van der Waals surface area (Å²) < 4.78 is 21.1. The van der Waals surface area contributed by atoms with Gasteiger partial charge in [0.25, 0.3) is 0 Å². The molecule has 0 unspecified atom stereocenters. The van der Waals surface area contributed by atoms with Crippen molar-refractivity contribution < 1.29 is 35.9 Å². The second-order valence-electron chi connectivity index (χ2n) is 3.26. The van der Waals surface area contributed by atoms with Crippen molar-refractivity contribution in [3.05, 3.63) is 60.7 Å². The van der Waals surface area contributed by atoms with E-state index in [4.69, 9.17) is 9.05 Å². The summed E-state index contributed by atoms with van der Waals surface area (Å²) in [7, 11) is -4.39. The Kier molecular flexibility index (Phi) is 5.46. The molecule has 4 nitrogen and oxygen atoms in total.